The molecule has 4 nitrogen and oxygen atoms in total. The van der Waals surface area contributed by atoms with Crippen LogP contribution in [0.2, 0.25) is 0 Å². The summed E-state index contributed by atoms with van der Waals surface area (Å²) in [7, 11) is 0. The minimum Gasteiger partial charge on any atom is -0.326 e. The first-order valence-corrected chi connectivity index (χ1v) is 7.93. The number of halogens is 1. The molecule has 0 aliphatic carbocycles. The van der Waals surface area contributed by atoms with Crippen LogP contribution in [-0.4, -0.2) is 17.1 Å². The first kappa shape index (κ1) is 17.0. The van der Waals surface area contributed by atoms with Gasteiger partial charge in [0.1, 0.15) is 5.82 Å². The molecule has 0 saturated heterocycles. The van der Waals surface area contributed by atoms with Crippen LogP contribution in [0.25, 0.3) is 0 Å². The lowest BCUT2D eigenvalue weighted by Gasteiger charge is -2.12. The van der Waals surface area contributed by atoms with E-state index in [9.17, 15) is 14.0 Å². The maximum atomic E-state index is 13.1. The third-order valence-corrected chi connectivity index (χ3v) is 4.06. The fraction of sp³-hybridized carbons (Fsp3) is 0.176. The zero-order chi connectivity index (χ0) is 16.8. The Labute approximate surface area is 138 Å². The van der Waals surface area contributed by atoms with Gasteiger partial charge in [-0.3, -0.25) is 9.59 Å². The number of anilines is 2. The van der Waals surface area contributed by atoms with Gasteiger partial charge in [0.05, 0.1) is 5.25 Å². The van der Waals surface area contributed by atoms with E-state index in [0.717, 1.165) is 4.90 Å². The first-order valence-electron chi connectivity index (χ1n) is 7.05. The highest BCUT2D eigenvalue weighted by atomic mass is 32.2. The van der Waals surface area contributed by atoms with Crippen LogP contribution in [0.3, 0.4) is 0 Å². The number of benzene rings is 2. The molecule has 0 aliphatic rings. The number of hydrogen-bond donors (Lipinski definition) is 2. The summed E-state index contributed by atoms with van der Waals surface area (Å²) in [5.74, 6) is -0.726. The van der Waals surface area contributed by atoms with Gasteiger partial charge in [-0.05, 0) is 49.4 Å². The molecule has 0 aromatic heterocycles. The van der Waals surface area contributed by atoms with Gasteiger partial charge in [-0.15, -0.1) is 11.8 Å². The Morgan fingerprint density at radius 2 is 1.74 bits per heavy atom. The van der Waals surface area contributed by atoms with Gasteiger partial charge in [0, 0.05) is 23.2 Å². The van der Waals surface area contributed by atoms with Crippen molar-refractivity contribution in [3.8, 4) is 0 Å². The Hall–Kier alpha value is -2.34. The normalized spacial score (nSPS) is 11.6. The Morgan fingerprint density at radius 1 is 1.04 bits per heavy atom. The van der Waals surface area contributed by atoms with Crippen LogP contribution in [0, 0.1) is 5.82 Å². The standard InChI is InChI=1S/C17H17FN2O2S/c1-11(17(22)20-15-5-3-4-13(18)10-15)23-16-8-6-14(7-9-16)19-12(2)21/h3-11H,1-2H3,(H,19,21)(H,20,22). The molecule has 1 atom stereocenters. The summed E-state index contributed by atoms with van der Waals surface area (Å²) in [6, 6.07) is 13.0. The van der Waals surface area contributed by atoms with Crippen LogP contribution in [0.4, 0.5) is 15.8 Å². The molecule has 0 heterocycles. The molecule has 0 spiro atoms. The molecule has 2 aromatic carbocycles. The number of nitrogens with one attached hydrogen (secondary N) is 2. The summed E-state index contributed by atoms with van der Waals surface area (Å²) >= 11 is 1.38. The Bertz CT molecular complexity index is 704. The van der Waals surface area contributed by atoms with E-state index in [1.807, 2.05) is 12.1 Å². The van der Waals surface area contributed by atoms with E-state index in [4.69, 9.17) is 0 Å². The van der Waals surface area contributed by atoms with Crippen molar-refractivity contribution in [2.45, 2.75) is 24.0 Å². The number of thioether (sulfide) groups is 1. The Balaban J connectivity index is 1.94. The molecule has 0 fully saturated rings. The van der Waals surface area contributed by atoms with Crippen molar-refractivity contribution in [2.75, 3.05) is 10.6 Å². The number of carbonyl (C=O) groups is 2. The molecule has 2 aromatic rings. The molecule has 0 aliphatic heterocycles. The van der Waals surface area contributed by atoms with Gasteiger partial charge in [-0.2, -0.15) is 0 Å². The molecule has 2 amide bonds. The summed E-state index contributed by atoms with van der Waals surface area (Å²) < 4.78 is 13.1. The summed E-state index contributed by atoms with van der Waals surface area (Å²) in [5.41, 5.74) is 1.14. The van der Waals surface area contributed by atoms with E-state index in [0.29, 0.717) is 11.4 Å². The summed E-state index contributed by atoms with van der Waals surface area (Å²) in [6.45, 7) is 3.22. The quantitative estimate of drug-likeness (QED) is 0.816. The van der Waals surface area contributed by atoms with Crippen LogP contribution < -0.4 is 10.6 Å². The third kappa shape index (κ3) is 5.41. The van der Waals surface area contributed by atoms with Crippen molar-refractivity contribution in [1.82, 2.24) is 0 Å². The SMILES string of the molecule is CC(=O)Nc1ccc(SC(C)C(=O)Nc2cccc(F)c2)cc1. The fourth-order valence-electron chi connectivity index (χ4n) is 1.89. The highest BCUT2D eigenvalue weighted by Gasteiger charge is 2.14. The third-order valence-electron chi connectivity index (χ3n) is 2.95. The van der Waals surface area contributed by atoms with Crippen molar-refractivity contribution < 1.29 is 14.0 Å². The van der Waals surface area contributed by atoms with E-state index in [1.54, 1.807) is 31.2 Å². The number of hydrogen-bond acceptors (Lipinski definition) is 3. The molecule has 0 saturated carbocycles. The van der Waals surface area contributed by atoms with Crippen molar-refractivity contribution in [3.63, 3.8) is 0 Å². The van der Waals surface area contributed by atoms with Gasteiger partial charge in [-0.1, -0.05) is 6.07 Å². The fourth-order valence-corrected chi connectivity index (χ4v) is 2.76. The first-order chi connectivity index (χ1) is 10.9. The summed E-state index contributed by atoms with van der Waals surface area (Å²) in [5, 5.41) is 5.02. The van der Waals surface area contributed by atoms with Crippen LogP contribution in [0.1, 0.15) is 13.8 Å². The van der Waals surface area contributed by atoms with Gasteiger partial charge >= 0.3 is 0 Å². The average molecular weight is 332 g/mol. The van der Waals surface area contributed by atoms with Crippen molar-refractivity contribution >= 4 is 35.0 Å². The van der Waals surface area contributed by atoms with E-state index in [2.05, 4.69) is 10.6 Å². The molecule has 6 heteroatoms. The van der Waals surface area contributed by atoms with E-state index in [-0.39, 0.29) is 17.1 Å². The number of rotatable bonds is 5. The molecule has 0 radical (unpaired) electrons. The van der Waals surface area contributed by atoms with Gasteiger partial charge in [0.2, 0.25) is 11.8 Å². The summed E-state index contributed by atoms with van der Waals surface area (Å²) in [4.78, 5) is 24.0. The van der Waals surface area contributed by atoms with Gasteiger partial charge in [-0.25, -0.2) is 4.39 Å². The van der Waals surface area contributed by atoms with Crippen molar-refractivity contribution in [2.24, 2.45) is 0 Å². The van der Waals surface area contributed by atoms with Crippen molar-refractivity contribution in [1.29, 1.82) is 0 Å². The highest BCUT2D eigenvalue weighted by Crippen LogP contribution is 2.25. The van der Waals surface area contributed by atoms with E-state index in [1.165, 1.54) is 30.8 Å². The van der Waals surface area contributed by atoms with E-state index < -0.39 is 5.82 Å². The summed E-state index contributed by atoms with van der Waals surface area (Å²) in [6.07, 6.45) is 0. The second-order valence-corrected chi connectivity index (χ2v) is 6.38. The molecular weight excluding hydrogens is 315 g/mol. The number of carbonyl (C=O) groups excluding carboxylic acids is 2. The van der Waals surface area contributed by atoms with Gasteiger partial charge in [0.15, 0.2) is 0 Å². The zero-order valence-electron chi connectivity index (χ0n) is 12.8. The number of amides is 2. The predicted octanol–water partition coefficient (Wildman–Crippen LogP) is 3.90. The minimum absolute atomic E-state index is 0.131. The predicted molar refractivity (Wildman–Crippen MR) is 91.1 cm³/mol. The second-order valence-electron chi connectivity index (χ2n) is 4.97. The second kappa shape index (κ2) is 7.78. The maximum absolute atomic E-state index is 13.1. The van der Waals surface area contributed by atoms with Crippen LogP contribution in [0.15, 0.2) is 53.4 Å². The lowest BCUT2D eigenvalue weighted by molar-refractivity contribution is -0.115. The Morgan fingerprint density at radius 3 is 2.35 bits per heavy atom. The maximum Gasteiger partial charge on any atom is 0.237 e. The highest BCUT2D eigenvalue weighted by molar-refractivity contribution is 8.00. The average Bonchev–Trinajstić information content (AvgIpc) is 2.48. The molecule has 2 rings (SSSR count). The molecule has 0 bridgehead atoms. The zero-order valence-corrected chi connectivity index (χ0v) is 13.6. The lowest BCUT2D eigenvalue weighted by atomic mass is 10.3. The lowest BCUT2D eigenvalue weighted by Crippen LogP contribution is -2.22. The smallest absolute Gasteiger partial charge is 0.237 e. The van der Waals surface area contributed by atoms with Gasteiger partial charge < -0.3 is 10.6 Å². The molecular formula is C17H17FN2O2S. The van der Waals surface area contributed by atoms with Crippen molar-refractivity contribution in [3.05, 3.63) is 54.3 Å². The van der Waals surface area contributed by atoms with Crippen LogP contribution >= 0.6 is 11.8 Å². The Kier molecular flexibility index (Phi) is 5.76. The molecule has 2 N–H and O–H groups in total. The minimum atomic E-state index is -0.392. The largest absolute Gasteiger partial charge is 0.326 e. The van der Waals surface area contributed by atoms with Crippen LogP contribution in [-0.2, 0) is 9.59 Å². The van der Waals surface area contributed by atoms with Gasteiger partial charge in [0.25, 0.3) is 0 Å². The monoisotopic (exact) mass is 332 g/mol. The topological polar surface area (TPSA) is 58.2 Å². The van der Waals surface area contributed by atoms with Crippen LogP contribution in [0.5, 0.6) is 0 Å². The molecule has 23 heavy (non-hydrogen) atoms. The molecule has 120 valence electrons. The van der Waals surface area contributed by atoms with E-state index >= 15 is 0 Å². The molecule has 1 unspecified atom stereocenters.